The summed E-state index contributed by atoms with van der Waals surface area (Å²) in [5.74, 6) is -1.07. The number of benzene rings is 1. The number of fused-ring (bicyclic) bond motifs is 1. The summed E-state index contributed by atoms with van der Waals surface area (Å²) in [6, 6.07) is 7.88. The fourth-order valence-corrected chi connectivity index (χ4v) is 3.18. The lowest BCUT2D eigenvalue weighted by molar-refractivity contribution is 0.376. The van der Waals surface area contributed by atoms with Crippen molar-refractivity contribution in [2.75, 3.05) is 13.1 Å². The zero-order valence-corrected chi connectivity index (χ0v) is 12.5. The highest BCUT2D eigenvalue weighted by Gasteiger charge is 2.23. The first-order chi connectivity index (χ1) is 11.2. The molecule has 0 atom stereocenters. The molecule has 3 heterocycles. The van der Waals surface area contributed by atoms with E-state index in [0.717, 1.165) is 43.2 Å². The maximum atomic E-state index is 13.7. The van der Waals surface area contributed by atoms with Crippen LogP contribution in [0.25, 0.3) is 22.6 Å². The standard InChI is InChI=1S/C17H16F2N4/c18-13-4-3-11(10-14(13)19)16-22-15-2-1-7-21-17(15)23(16)12-5-8-20-9-6-12/h1-4,7,10,12,20H,5-6,8-9H2. The molecule has 6 heteroatoms. The molecule has 0 radical (unpaired) electrons. The van der Waals surface area contributed by atoms with Crippen LogP contribution in [0.15, 0.2) is 36.5 Å². The first-order valence-corrected chi connectivity index (χ1v) is 7.73. The fourth-order valence-electron chi connectivity index (χ4n) is 3.18. The lowest BCUT2D eigenvalue weighted by Gasteiger charge is -2.25. The minimum Gasteiger partial charge on any atom is -0.317 e. The van der Waals surface area contributed by atoms with Gasteiger partial charge in [0, 0.05) is 17.8 Å². The van der Waals surface area contributed by atoms with Crippen molar-refractivity contribution in [3.8, 4) is 11.4 Å². The van der Waals surface area contributed by atoms with Crippen molar-refractivity contribution < 1.29 is 8.78 Å². The van der Waals surface area contributed by atoms with Crippen LogP contribution < -0.4 is 5.32 Å². The van der Waals surface area contributed by atoms with Gasteiger partial charge in [-0.05, 0) is 56.3 Å². The fraction of sp³-hybridized carbons (Fsp3) is 0.294. The van der Waals surface area contributed by atoms with Gasteiger partial charge in [0.15, 0.2) is 17.3 Å². The number of hydrogen-bond donors (Lipinski definition) is 1. The molecule has 1 saturated heterocycles. The predicted molar refractivity (Wildman–Crippen MR) is 84.0 cm³/mol. The van der Waals surface area contributed by atoms with Crippen molar-refractivity contribution >= 4 is 11.2 Å². The van der Waals surface area contributed by atoms with Crippen LogP contribution in [-0.4, -0.2) is 27.6 Å². The summed E-state index contributed by atoms with van der Waals surface area (Å²) in [5.41, 5.74) is 2.13. The third-order valence-corrected chi connectivity index (χ3v) is 4.30. The maximum absolute atomic E-state index is 13.7. The van der Waals surface area contributed by atoms with Crippen LogP contribution >= 0.6 is 0 Å². The van der Waals surface area contributed by atoms with Gasteiger partial charge in [0.2, 0.25) is 0 Å². The number of aromatic nitrogens is 3. The number of nitrogens with one attached hydrogen (secondary N) is 1. The van der Waals surface area contributed by atoms with E-state index in [1.807, 2.05) is 12.1 Å². The van der Waals surface area contributed by atoms with E-state index in [0.29, 0.717) is 11.4 Å². The summed E-state index contributed by atoms with van der Waals surface area (Å²) >= 11 is 0. The molecule has 1 aromatic carbocycles. The Labute approximate surface area is 132 Å². The molecule has 0 aliphatic carbocycles. The number of nitrogens with zero attached hydrogens (tertiary/aromatic N) is 3. The molecule has 1 fully saturated rings. The zero-order chi connectivity index (χ0) is 15.8. The van der Waals surface area contributed by atoms with Crippen molar-refractivity contribution in [2.45, 2.75) is 18.9 Å². The Morgan fingerprint density at radius 3 is 2.70 bits per heavy atom. The number of hydrogen-bond acceptors (Lipinski definition) is 3. The third-order valence-electron chi connectivity index (χ3n) is 4.30. The van der Waals surface area contributed by atoms with Crippen molar-refractivity contribution in [1.82, 2.24) is 19.9 Å². The summed E-state index contributed by atoms with van der Waals surface area (Å²) in [5, 5.41) is 3.34. The summed E-state index contributed by atoms with van der Waals surface area (Å²) < 4.78 is 29.0. The molecule has 0 bridgehead atoms. The summed E-state index contributed by atoms with van der Waals surface area (Å²) in [7, 11) is 0. The third kappa shape index (κ3) is 2.49. The van der Waals surface area contributed by atoms with Crippen molar-refractivity contribution in [3.05, 3.63) is 48.2 Å². The Morgan fingerprint density at radius 1 is 1.09 bits per heavy atom. The average Bonchev–Trinajstić information content (AvgIpc) is 2.97. The molecular weight excluding hydrogens is 298 g/mol. The minimum atomic E-state index is -0.862. The van der Waals surface area contributed by atoms with Crippen LogP contribution in [0.4, 0.5) is 8.78 Å². The molecule has 4 nitrogen and oxygen atoms in total. The van der Waals surface area contributed by atoms with E-state index < -0.39 is 11.6 Å². The molecule has 0 unspecified atom stereocenters. The highest BCUT2D eigenvalue weighted by molar-refractivity contribution is 5.77. The number of imidazole rings is 1. The van der Waals surface area contributed by atoms with Gasteiger partial charge in [-0.3, -0.25) is 0 Å². The van der Waals surface area contributed by atoms with E-state index >= 15 is 0 Å². The largest absolute Gasteiger partial charge is 0.317 e. The molecule has 1 aliphatic heterocycles. The summed E-state index contributed by atoms with van der Waals surface area (Å²) in [6.07, 6.45) is 3.65. The van der Waals surface area contributed by atoms with Gasteiger partial charge in [0.1, 0.15) is 11.3 Å². The molecule has 0 saturated carbocycles. The van der Waals surface area contributed by atoms with Crippen LogP contribution in [0.5, 0.6) is 0 Å². The lowest BCUT2D eigenvalue weighted by Crippen LogP contribution is -2.29. The Hall–Kier alpha value is -2.34. The van der Waals surface area contributed by atoms with Crippen molar-refractivity contribution in [3.63, 3.8) is 0 Å². The molecule has 2 aromatic heterocycles. The monoisotopic (exact) mass is 314 g/mol. The van der Waals surface area contributed by atoms with E-state index in [1.54, 1.807) is 12.3 Å². The molecule has 0 amide bonds. The van der Waals surface area contributed by atoms with Gasteiger partial charge in [0.05, 0.1) is 0 Å². The number of pyridine rings is 1. The molecule has 0 spiro atoms. The van der Waals surface area contributed by atoms with Crippen LogP contribution in [0.2, 0.25) is 0 Å². The first kappa shape index (κ1) is 14.3. The highest BCUT2D eigenvalue weighted by Crippen LogP contribution is 2.31. The molecule has 118 valence electrons. The van der Waals surface area contributed by atoms with Crippen LogP contribution in [-0.2, 0) is 0 Å². The number of rotatable bonds is 2. The normalized spacial score (nSPS) is 16.1. The molecule has 1 aliphatic rings. The molecule has 1 N–H and O–H groups in total. The Kier molecular flexibility index (Phi) is 3.53. The number of piperidine rings is 1. The Morgan fingerprint density at radius 2 is 1.91 bits per heavy atom. The lowest BCUT2D eigenvalue weighted by atomic mass is 10.1. The van der Waals surface area contributed by atoms with E-state index in [1.165, 1.54) is 6.07 Å². The second kappa shape index (κ2) is 5.70. The molecule has 23 heavy (non-hydrogen) atoms. The zero-order valence-electron chi connectivity index (χ0n) is 12.5. The van der Waals surface area contributed by atoms with Gasteiger partial charge in [-0.25, -0.2) is 18.7 Å². The molecule has 4 rings (SSSR count). The summed E-state index contributed by atoms with van der Waals surface area (Å²) in [4.78, 5) is 9.07. The highest BCUT2D eigenvalue weighted by atomic mass is 19.2. The van der Waals surface area contributed by atoms with Gasteiger partial charge >= 0.3 is 0 Å². The van der Waals surface area contributed by atoms with Crippen LogP contribution in [0, 0.1) is 11.6 Å². The quantitative estimate of drug-likeness (QED) is 0.789. The van der Waals surface area contributed by atoms with Gasteiger partial charge in [-0.1, -0.05) is 0 Å². The maximum Gasteiger partial charge on any atom is 0.160 e. The topological polar surface area (TPSA) is 42.7 Å². The van der Waals surface area contributed by atoms with Crippen molar-refractivity contribution in [1.29, 1.82) is 0 Å². The smallest absolute Gasteiger partial charge is 0.160 e. The van der Waals surface area contributed by atoms with Crippen molar-refractivity contribution in [2.24, 2.45) is 0 Å². The summed E-state index contributed by atoms with van der Waals surface area (Å²) in [6.45, 7) is 1.85. The minimum absolute atomic E-state index is 0.249. The van der Waals surface area contributed by atoms with E-state index in [-0.39, 0.29) is 6.04 Å². The Balaban J connectivity index is 1.92. The number of halogens is 2. The Bertz CT molecular complexity index is 853. The van der Waals surface area contributed by atoms with Crippen LogP contribution in [0.1, 0.15) is 18.9 Å². The van der Waals surface area contributed by atoms with E-state index in [4.69, 9.17) is 0 Å². The average molecular weight is 314 g/mol. The van der Waals surface area contributed by atoms with E-state index in [2.05, 4.69) is 19.9 Å². The first-order valence-electron chi connectivity index (χ1n) is 7.73. The van der Waals surface area contributed by atoms with E-state index in [9.17, 15) is 8.78 Å². The SMILES string of the molecule is Fc1ccc(-c2nc3cccnc3n2C2CCNCC2)cc1F. The second-order valence-electron chi connectivity index (χ2n) is 5.76. The van der Waals surface area contributed by atoms with Gasteiger partial charge in [0.25, 0.3) is 0 Å². The second-order valence-corrected chi connectivity index (χ2v) is 5.76. The van der Waals surface area contributed by atoms with Gasteiger partial charge in [-0.2, -0.15) is 0 Å². The predicted octanol–water partition coefficient (Wildman–Crippen LogP) is 3.30. The van der Waals surface area contributed by atoms with Gasteiger partial charge < -0.3 is 9.88 Å². The van der Waals surface area contributed by atoms with Gasteiger partial charge in [-0.15, -0.1) is 0 Å². The van der Waals surface area contributed by atoms with Crippen LogP contribution in [0.3, 0.4) is 0 Å². The molecule has 3 aromatic rings. The molecular formula is C17H16F2N4.